The molecule has 0 heterocycles. The molecule has 160 valence electrons. The number of hydrogen-bond donors (Lipinski definition) is 1. The Balaban J connectivity index is 2.20. The van der Waals surface area contributed by atoms with Crippen LogP contribution < -0.4 is 10.2 Å². The molecule has 2 rings (SSSR count). The Morgan fingerprint density at radius 1 is 1.07 bits per heavy atom. The summed E-state index contributed by atoms with van der Waals surface area (Å²) in [4.78, 5) is 38.1. The van der Waals surface area contributed by atoms with Crippen LogP contribution in [0.2, 0.25) is 0 Å². The average molecular weight is 429 g/mol. The van der Waals surface area contributed by atoms with E-state index in [1.807, 2.05) is 37.3 Å². The zero-order valence-electron chi connectivity index (χ0n) is 17.6. The molecule has 0 aromatic heterocycles. The molecular formula is C23H28N2O4S. The van der Waals surface area contributed by atoms with Crippen LogP contribution in [0.3, 0.4) is 0 Å². The third-order valence-electron chi connectivity index (χ3n) is 4.45. The van der Waals surface area contributed by atoms with Crippen molar-refractivity contribution in [2.45, 2.75) is 33.2 Å². The summed E-state index contributed by atoms with van der Waals surface area (Å²) in [6.07, 6.45) is 0.584. The molecule has 2 aromatic rings. The van der Waals surface area contributed by atoms with E-state index in [1.54, 1.807) is 31.2 Å². The Hall–Kier alpha value is -2.80. The molecule has 0 saturated carbocycles. The minimum Gasteiger partial charge on any atom is -0.465 e. The monoisotopic (exact) mass is 428 g/mol. The summed E-state index contributed by atoms with van der Waals surface area (Å²) in [6, 6.07) is 16.2. The number of nitrogens with zero attached hydrogens (tertiary/aromatic N) is 1. The third kappa shape index (κ3) is 7.55. The minimum atomic E-state index is -0.481. The first-order valence-electron chi connectivity index (χ1n) is 9.87. The lowest BCUT2D eigenvalue weighted by Gasteiger charge is -2.26. The zero-order chi connectivity index (χ0) is 21.9. The molecular weight excluding hydrogens is 400 g/mol. The van der Waals surface area contributed by atoms with E-state index in [4.69, 9.17) is 4.74 Å². The molecule has 1 unspecified atom stereocenters. The van der Waals surface area contributed by atoms with Crippen LogP contribution in [0.5, 0.6) is 0 Å². The van der Waals surface area contributed by atoms with E-state index in [0.29, 0.717) is 17.9 Å². The number of para-hydroxylation sites is 1. The van der Waals surface area contributed by atoms with Crippen molar-refractivity contribution in [3.8, 4) is 0 Å². The second-order valence-electron chi connectivity index (χ2n) is 6.81. The maximum Gasteiger partial charge on any atom is 0.326 e. The van der Waals surface area contributed by atoms with Gasteiger partial charge in [-0.25, -0.2) is 4.79 Å². The van der Waals surface area contributed by atoms with Gasteiger partial charge in [-0.15, -0.1) is 0 Å². The van der Waals surface area contributed by atoms with Crippen molar-refractivity contribution < 1.29 is 19.1 Å². The highest BCUT2D eigenvalue weighted by atomic mass is 32.2. The predicted molar refractivity (Wildman–Crippen MR) is 121 cm³/mol. The van der Waals surface area contributed by atoms with Crippen LogP contribution in [0.4, 0.5) is 10.5 Å². The van der Waals surface area contributed by atoms with Crippen LogP contribution in [0.15, 0.2) is 54.6 Å². The Morgan fingerprint density at radius 2 is 1.73 bits per heavy atom. The number of hydrogen-bond acceptors (Lipinski definition) is 5. The summed E-state index contributed by atoms with van der Waals surface area (Å²) in [5.41, 5.74) is 2.82. The molecule has 6 nitrogen and oxygen atoms in total. The number of thioether (sulfide) groups is 1. The SMILES string of the molecule is CCOC(=O)CN(C(=O)NC(CSC(C)=O)Cc1ccccc1C)c1ccccc1. The third-order valence-corrected chi connectivity index (χ3v) is 5.42. The van der Waals surface area contributed by atoms with Crippen LogP contribution in [-0.2, 0) is 20.7 Å². The van der Waals surface area contributed by atoms with Gasteiger partial charge in [0, 0.05) is 24.4 Å². The van der Waals surface area contributed by atoms with E-state index < -0.39 is 12.0 Å². The number of carbonyl (C=O) groups excluding carboxylic acids is 3. The smallest absolute Gasteiger partial charge is 0.326 e. The van der Waals surface area contributed by atoms with Crippen molar-refractivity contribution in [2.75, 3.05) is 23.8 Å². The highest BCUT2D eigenvalue weighted by Crippen LogP contribution is 2.17. The Bertz CT molecular complexity index is 857. The van der Waals surface area contributed by atoms with Gasteiger partial charge in [0.1, 0.15) is 6.54 Å². The molecule has 0 aliphatic heterocycles. The molecule has 0 saturated heterocycles. The van der Waals surface area contributed by atoms with Crippen LogP contribution in [-0.4, -0.2) is 42.1 Å². The van der Waals surface area contributed by atoms with E-state index in [-0.39, 0.29) is 24.3 Å². The molecule has 7 heteroatoms. The van der Waals surface area contributed by atoms with Crippen molar-refractivity contribution >= 4 is 34.6 Å². The first kappa shape index (κ1) is 23.5. The quantitative estimate of drug-likeness (QED) is 0.612. The molecule has 1 N–H and O–H groups in total. The standard InChI is InChI=1S/C23H28N2O4S/c1-4-29-22(27)15-25(21-12-6-5-7-13-21)23(28)24-20(16-30-18(3)26)14-19-11-9-8-10-17(19)2/h5-13,20H,4,14-16H2,1-3H3,(H,24,28). The van der Waals surface area contributed by atoms with Gasteiger partial charge in [-0.3, -0.25) is 14.5 Å². The Morgan fingerprint density at radius 3 is 2.37 bits per heavy atom. The summed E-state index contributed by atoms with van der Waals surface area (Å²) in [6.45, 7) is 5.30. The zero-order valence-corrected chi connectivity index (χ0v) is 18.4. The van der Waals surface area contributed by atoms with Crippen molar-refractivity contribution in [1.29, 1.82) is 0 Å². The summed E-state index contributed by atoms with van der Waals surface area (Å²) in [7, 11) is 0. The molecule has 30 heavy (non-hydrogen) atoms. The fourth-order valence-electron chi connectivity index (χ4n) is 2.95. The summed E-state index contributed by atoms with van der Waals surface area (Å²) in [5, 5.41) is 2.99. The van der Waals surface area contributed by atoms with E-state index in [9.17, 15) is 14.4 Å². The second-order valence-corrected chi connectivity index (χ2v) is 8.00. The number of carbonyl (C=O) groups is 3. The predicted octanol–water partition coefficient (Wildman–Crippen LogP) is 3.97. The second kappa shape index (κ2) is 12.0. The van der Waals surface area contributed by atoms with Gasteiger partial charge >= 0.3 is 12.0 Å². The maximum atomic E-state index is 13.1. The van der Waals surface area contributed by atoms with E-state index in [2.05, 4.69) is 5.32 Å². The first-order chi connectivity index (χ1) is 14.4. The number of ether oxygens (including phenoxy) is 1. The van der Waals surface area contributed by atoms with Gasteiger partial charge in [0.05, 0.1) is 6.61 Å². The first-order valence-corrected chi connectivity index (χ1v) is 10.9. The number of benzene rings is 2. The fourth-order valence-corrected chi connectivity index (χ4v) is 3.59. The lowest BCUT2D eigenvalue weighted by atomic mass is 10.0. The molecule has 2 amide bonds. The van der Waals surface area contributed by atoms with Crippen molar-refractivity contribution in [2.24, 2.45) is 0 Å². The van der Waals surface area contributed by atoms with E-state index in [1.165, 1.54) is 23.6 Å². The largest absolute Gasteiger partial charge is 0.465 e. The van der Waals surface area contributed by atoms with Crippen LogP contribution in [0, 0.1) is 6.92 Å². The van der Waals surface area contributed by atoms with Gasteiger partial charge in [-0.05, 0) is 43.5 Å². The van der Waals surface area contributed by atoms with Gasteiger partial charge in [0.25, 0.3) is 0 Å². The molecule has 0 aliphatic carbocycles. The number of rotatable bonds is 9. The lowest BCUT2D eigenvalue weighted by molar-refractivity contribution is -0.141. The summed E-state index contributed by atoms with van der Waals surface area (Å²) < 4.78 is 5.03. The summed E-state index contributed by atoms with van der Waals surface area (Å²) in [5.74, 6) is -0.0395. The van der Waals surface area contributed by atoms with Gasteiger partial charge in [0.2, 0.25) is 0 Å². The maximum absolute atomic E-state index is 13.1. The van der Waals surface area contributed by atoms with Crippen LogP contribution >= 0.6 is 11.8 Å². The van der Waals surface area contributed by atoms with Crippen molar-refractivity contribution in [3.05, 3.63) is 65.7 Å². The molecule has 2 aromatic carbocycles. The molecule has 0 aliphatic rings. The number of nitrogens with one attached hydrogen (secondary N) is 1. The highest BCUT2D eigenvalue weighted by Gasteiger charge is 2.23. The highest BCUT2D eigenvalue weighted by molar-refractivity contribution is 8.13. The average Bonchev–Trinajstić information content (AvgIpc) is 2.72. The van der Waals surface area contributed by atoms with Crippen molar-refractivity contribution in [3.63, 3.8) is 0 Å². The fraction of sp³-hybridized carbons (Fsp3) is 0.348. The molecule has 0 fully saturated rings. The summed E-state index contributed by atoms with van der Waals surface area (Å²) >= 11 is 1.17. The van der Waals surface area contributed by atoms with Crippen molar-refractivity contribution in [1.82, 2.24) is 5.32 Å². The topological polar surface area (TPSA) is 75.7 Å². The lowest BCUT2D eigenvalue weighted by Crippen LogP contribution is -2.49. The normalized spacial score (nSPS) is 11.4. The number of esters is 1. The number of amides is 2. The van der Waals surface area contributed by atoms with Gasteiger partial charge in [-0.1, -0.05) is 54.2 Å². The number of anilines is 1. The van der Waals surface area contributed by atoms with Crippen LogP contribution in [0.1, 0.15) is 25.0 Å². The Kier molecular flexibility index (Phi) is 9.41. The molecule has 0 bridgehead atoms. The number of urea groups is 1. The Labute approximate surface area is 182 Å². The number of aryl methyl sites for hydroxylation is 1. The molecule has 0 radical (unpaired) electrons. The minimum absolute atomic E-state index is 0.00882. The molecule has 1 atom stereocenters. The van der Waals surface area contributed by atoms with E-state index >= 15 is 0 Å². The van der Waals surface area contributed by atoms with Gasteiger partial charge in [-0.2, -0.15) is 0 Å². The van der Waals surface area contributed by atoms with Gasteiger partial charge < -0.3 is 10.1 Å². The molecule has 0 spiro atoms. The van der Waals surface area contributed by atoms with E-state index in [0.717, 1.165) is 11.1 Å². The van der Waals surface area contributed by atoms with Gasteiger partial charge in [0.15, 0.2) is 5.12 Å². The van der Waals surface area contributed by atoms with Crippen LogP contribution in [0.25, 0.3) is 0 Å².